The third-order valence-corrected chi connectivity index (χ3v) is 9.71. The number of aliphatic hydroxyl groups excluding tert-OH is 2. The summed E-state index contributed by atoms with van der Waals surface area (Å²) in [6.45, 7) is 4.38. The maximum absolute atomic E-state index is 14.0. The average molecular weight is 785 g/mol. The lowest BCUT2D eigenvalue weighted by Gasteiger charge is -2.24. The maximum Gasteiger partial charge on any atom is 0.416 e. The highest BCUT2D eigenvalue weighted by Crippen LogP contribution is 2.36. The second-order valence-corrected chi connectivity index (χ2v) is 13.8. The predicted molar refractivity (Wildman–Crippen MR) is 202 cm³/mol. The lowest BCUT2D eigenvalue weighted by molar-refractivity contribution is -0.146. The summed E-state index contributed by atoms with van der Waals surface area (Å²) in [7, 11) is 0. The Hall–Kier alpha value is -5.28. The first-order valence-corrected chi connectivity index (χ1v) is 17.3. The zero-order valence-electron chi connectivity index (χ0n) is 30.9. The van der Waals surface area contributed by atoms with E-state index >= 15 is 0 Å². The molecule has 0 aliphatic rings. The van der Waals surface area contributed by atoms with Gasteiger partial charge in [-0.15, -0.1) is 0 Å². The summed E-state index contributed by atoms with van der Waals surface area (Å²) in [5.74, 6) is -2.64. The number of rotatable bonds is 15. The highest BCUT2D eigenvalue weighted by molar-refractivity contribution is 5.83. The van der Waals surface area contributed by atoms with Crippen molar-refractivity contribution in [2.75, 3.05) is 13.2 Å². The molecule has 0 bridgehead atoms. The second-order valence-electron chi connectivity index (χ2n) is 13.8. The van der Waals surface area contributed by atoms with Crippen LogP contribution >= 0.6 is 0 Å². The summed E-state index contributed by atoms with van der Waals surface area (Å²) < 4.78 is 84.1. The minimum Gasteiger partial charge on any atom is -0.480 e. The Balaban J connectivity index is 1.68. The molecular formula is C42H42F6N2O6. The number of hydrogen-bond donors (Lipinski definition) is 6. The van der Waals surface area contributed by atoms with Crippen molar-refractivity contribution in [1.29, 1.82) is 0 Å². The van der Waals surface area contributed by atoms with E-state index in [1.54, 1.807) is 38.1 Å². The second kappa shape index (κ2) is 17.2. The molecule has 2 atom stereocenters. The first-order chi connectivity index (χ1) is 26.1. The molecule has 6 N–H and O–H groups in total. The first-order valence-electron chi connectivity index (χ1n) is 17.3. The van der Waals surface area contributed by atoms with Crippen molar-refractivity contribution in [3.63, 3.8) is 0 Å². The summed E-state index contributed by atoms with van der Waals surface area (Å²) >= 11 is 0. The third kappa shape index (κ3) is 10.1. The number of nitrogens with one attached hydrogen (secondary N) is 2. The molecule has 298 valence electrons. The lowest BCUT2D eigenvalue weighted by atomic mass is 9.90. The van der Waals surface area contributed by atoms with Gasteiger partial charge in [-0.2, -0.15) is 26.3 Å². The van der Waals surface area contributed by atoms with Crippen molar-refractivity contribution in [2.24, 2.45) is 0 Å². The summed E-state index contributed by atoms with van der Waals surface area (Å²) in [6, 6.07) is 17.5. The summed E-state index contributed by atoms with van der Waals surface area (Å²) in [5.41, 5.74) is -0.703. The minimum atomic E-state index is -4.69. The molecule has 0 aromatic heterocycles. The number of carbonyl (C=O) groups is 2. The van der Waals surface area contributed by atoms with Crippen molar-refractivity contribution in [3.8, 4) is 11.1 Å². The van der Waals surface area contributed by atoms with Gasteiger partial charge in [0, 0.05) is 13.1 Å². The van der Waals surface area contributed by atoms with Crippen LogP contribution in [0.3, 0.4) is 0 Å². The molecule has 4 aromatic carbocycles. The maximum atomic E-state index is 14.0. The van der Waals surface area contributed by atoms with E-state index in [1.807, 2.05) is 12.1 Å². The molecule has 0 amide bonds. The molecule has 0 heterocycles. The van der Waals surface area contributed by atoms with Gasteiger partial charge in [-0.05, 0) is 108 Å². The number of alkyl halides is 6. The quantitative estimate of drug-likeness (QED) is 0.0524. The van der Waals surface area contributed by atoms with Crippen LogP contribution in [0.1, 0.15) is 69.5 Å². The van der Waals surface area contributed by atoms with Crippen LogP contribution in [0, 0.1) is 13.8 Å². The Morgan fingerprint density at radius 2 is 0.911 bits per heavy atom. The standard InChI is InChI=1S/C42H42F6N2O6/c1-25-29(13-15-31-19-27(11-17-35(31)41(43,44)45)21-49-39(3,23-51)37(53)54)7-5-9-33(25)34-10-6-8-30(26(34)2)14-16-32-20-28(12-18-36(32)42(46,47)48)22-50-40(4,24-52)38(55)56/h5-20,49-52H,21-24H2,1-4H3,(H,53,54)(H,55,56)/b15-13+,16-14+/t39-,40?/m0/s1. The molecule has 0 radical (unpaired) electrons. The van der Waals surface area contributed by atoms with E-state index in [-0.39, 0.29) is 24.2 Å². The van der Waals surface area contributed by atoms with Gasteiger partial charge < -0.3 is 20.4 Å². The molecule has 56 heavy (non-hydrogen) atoms. The van der Waals surface area contributed by atoms with Gasteiger partial charge in [0.15, 0.2) is 0 Å². The molecule has 0 spiro atoms. The van der Waals surface area contributed by atoms with Crippen molar-refractivity contribution < 1.29 is 56.4 Å². The topological polar surface area (TPSA) is 139 Å². The van der Waals surface area contributed by atoms with Crippen molar-refractivity contribution in [3.05, 3.63) is 128 Å². The number of halogens is 6. The summed E-state index contributed by atoms with van der Waals surface area (Å²) in [4.78, 5) is 23.1. The molecule has 0 saturated heterocycles. The van der Waals surface area contributed by atoms with Crippen LogP contribution in [0.2, 0.25) is 0 Å². The van der Waals surface area contributed by atoms with Crippen molar-refractivity contribution in [2.45, 2.75) is 64.2 Å². The smallest absolute Gasteiger partial charge is 0.416 e. The van der Waals surface area contributed by atoms with E-state index in [0.717, 1.165) is 34.4 Å². The lowest BCUT2D eigenvalue weighted by Crippen LogP contribution is -2.52. The highest BCUT2D eigenvalue weighted by atomic mass is 19.4. The fourth-order valence-corrected chi connectivity index (χ4v) is 5.84. The predicted octanol–water partition coefficient (Wildman–Crippen LogP) is 8.20. The van der Waals surface area contributed by atoms with Crippen molar-refractivity contribution >= 4 is 36.2 Å². The number of aliphatic carboxylic acids is 2. The van der Waals surface area contributed by atoms with E-state index in [4.69, 9.17) is 0 Å². The molecule has 0 fully saturated rings. The molecule has 4 aromatic rings. The van der Waals surface area contributed by atoms with Crippen LogP contribution in [0.25, 0.3) is 35.4 Å². The Labute approximate surface area is 319 Å². The van der Waals surface area contributed by atoms with Crippen LogP contribution in [-0.4, -0.2) is 56.7 Å². The van der Waals surface area contributed by atoms with E-state index < -0.39 is 59.7 Å². The fraction of sp³-hybridized carbons (Fsp3) is 0.286. The van der Waals surface area contributed by atoms with Gasteiger partial charge in [0.2, 0.25) is 0 Å². The van der Waals surface area contributed by atoms with E-state index in [2.05, 4.69) is 10.6 Å². The van der Waals surface area contributed by atoms with Gasteiger partial charge in [-0.3, -0.25) is 20.2 Å². The number of carboxylic acid groups (broad SMARTS) is 2. The zero-order chi connectivity index (χ0) is 41.6. The monoisotopic (exact) mass is 784 g/mol. The number of hydrogen-bond acceptors (Lipinski definition) is 6. The van der Waals surface area contributed by atoms with Gasteiger partial charge in [0.05, 0.1) is 24.3 Å². The molecule has 0 aliphatic carbocycles. The molecule has 14 heteroatoms. The van der Waals surface area contributed by atoms with Crippen molar-refractivity contribution in [1.82, 2.24) is 10.6 Å². The van der Waals surface area contributed by atoms with Gasteiger partial charge in [-0.1, -0.05) is 72.8 Å². The van der Waals surface area contributed by atoms with Crippen LogP contribution < -0.4 is 10.6 Å². The fourth-order valence-electron chi connectivity index (χ4n) is 5.84. The normalized spacial score (nSPS) is 14.6. The van der Waals surface area contributed by atoms with E-state index in [9.17, 15) is 56.4 Å². The SMILES string of the molecule is Cc1c(/C=C/c2cc(CNC(C)(CO)C(=O)O)ccc2C(F)(F)F)cccc1-c1cccc(/C=C/c2cc(CN[C@@](C)(CO)C(=O)O)ccc2C(F)(F)F)c1C. The third-order valence-electron chi connectivity index (χ3n) is 9.71. The molecular weight excluding hydrogens is 742 g/mol. The van der Waals surface area contributed by atoms with Gasteiger partial charge >= 0.3 is 24.3 Å². The van der Waals surface area contributed by atoms with Gasteiger partial charge in [0.1, 0.15) is 11.1 Å². The first kappa shape index (κ1) is 43.4. The number of aliphatic hydroxyl groups is 2. The van der Waals surface area contributed by atoms with Gasteiger partial charge in [0.25, 0.3) is 0 Å². The minimum absolute atomic E-state index is 0.127. The average Bonchev–Trinajstić information content (AvgIpc) is 3.14. The van der Waals surface area contributed by atoms with E-state index in [0.29, 0.717) is 22.3 Å². The highest BCUT2D eigenvalue weighted by Gasteiger charge is 2.35. The van der Waals surface area contributed by atoms with Crippen LogP contribution in [-0.2, 0) is 35.0 Å². The van der Waals surface area contributed by atoms with Gasteiger partial charge in [-0.25, -0.2) is 0 Å². The summed E-state index contributed by atoms with van der Waals surface area (Å²) in [6.07, 6.45) is -3.66. The molecule has 8 nitrogen and oxygen atoms in total. The molecule has 1 unspecified atom stereocenters. The Morgan fingerprint density at radius 1 is 0.571 bits per heavy atom. The summed E-state index contributed by atoms with van der Waals surface area (Å²) in [5, 5.41) is 43.2. The zero-order valence-corrected chi connectivity index (χ0v) is 30.9. The Bertz CT molecular complexity index is 1990. The molecule has 0 aliphatic heterocycles. The molecule has 4 rings (SSSR count). The number of carboxylic acids is 2. The Morgan fingerprint density at radius 3 is 1.21 bits per heavy atom. The van der Waals surface area contributed by atoms with Crippen LogP contribution in [0.5, 0.6) is 0 Å². The molecule has 0 saturated carbocycles. The van der Waals surface area contributed by atoms with E-state index in [1.165, 1.54) is 62.4 Å². The largest absolute Gasteiger partial charge is 0.480 e. The van der Waals surface area contributed by atoms with Crippen LogP contribution in [0.15, 0.2) is 72.8 Å². The number of benzene rings is 4. The van der Waals surface area contributed by atoms with Crippen LogP contribution in [0.4, 0.5) is 26.3 Å². The Kier molecular flexibility index (Phi) is 13.4.